The van der Waals surface area contributed by atoms with E-state index in [0.29, 0.717) is 0 Å². The summed E-state index contributed by atoms with van der Waals surface area (Å²) >= 11 is 0. The Morgan fingerprint density at radius 1 is 0.333 bits per heavy atom. The van der Waals surface area contributed by atoms with E-state index in [1.807, 2.05) is 0 Å². The molecule has 36 heavy (non-hydrogen) atoms. The van der Waals surface area contributed by atoms with E-state index in [9.17, 15) is 0 Å². The summed E-state index contributed by atoms with van der Waals surface area (Å²) in [6.45, 7) is 9.25. The molecule has 0 nitrogen and oxygen atoms in total. The summed E-state index contributed by atoms with van der Waals surface area (Å²) in [5.41, 5.74) is 6.23. The van der Waals surface area contributed by atoms with Gasteiger partial charge in [0.2, 0.25) is 0 Å². The Balaban J connectivity index is 1.89. The largest absolute Gasteiger partial charge is 0.0654 e. The molecule has 0 heteroatoms. The molecule has 0 radical (unpaired) electrons. The van der Waals surface area contributed by atoms with Crippen LogP contribution in [0.2, 0.25) is 0 Å². The molecule has 0 spiro atoms. The van der Waals surface area contributed by atoms with Crippen LogP contribution in [-0.4, -0.2) is 0 Å². The first kappa shape index (κ1) is 25.1. The van der Waals surface area contributed by atoms with Crippen LogP contribution in [0.1, 0.15) is 101 Å². The maximum atomic E-state index is 2.47. The minimum Gasteiger partial charge on any atom is -0.0654 e. The summed E-state index contributed by atoms with van der Waals surface area (Å²) < 4.78 is 0. The number of unbranched alkanes of at least 4 members (excludes halogenated alkanes) is 4. The van der Waals surface area contributed by atoms with E-state index in [2.05, 4.69) is 76.2 Å². The van der Waals surface area contributed by atoms with Crippen molar-refractivity contribution in [3.05, 3.63) is 70.8 Å². The molecule has 5 aromatic rings. The van der Waals surface area contributed by atoms with Gasteiger partial charge < -0.3 is 0 Å². The predicted octanol–water partition coefficient (Wildman–Crippen LogP) is 11.1. The van der Waals surface area contributed by atoms with E-state index < -0.39 is 0 Å². The third-order valence-electron chi connectivity index (χ3n) is 8.45. The molecule has 0 bridgehead atoms. The van der Waals surface area contributed by atoms with Crippen LogP contribution in [0.4, 0.5) is 0 Å². The third kappa shape index (κ3) is 4.38. The van der Waals surface area contributed by atoms with Gasteiger partial charge in [0.05, 0.1) is 0 Å². The molecule has 0 aliphatic heterocycles. The normalized spacial score (nSPS) is 12.1. The van der Waals surface area contributed by atoms with Crippen LogP contribution in [0, 0.1) is 0 Å². The summed E-state index contributed by atoms with van der Waals surface area (Å²) in [4.78, 5) is 0. The van der Waals surface area contributed by atoms with Gasteiger partial charge in [-0.3, -0.25) is 0 Å². The van der Waals surface area contributed by atoms with Crippen molar-refractivity contribution >= 4 is 43.1 Å². The summed E-state index contributed by atoms with van der Waals surface area (Å²) in [7, 11) is 0. The second kappa shape index (κ2) is 11.2. The molecule has 0 saturated carbocycles. The number of aryl methyl sites for hydroxylation is 4. The van der Waals surface area contributed by atoms with Crippen molar-refractivity contribution in [3.8, 4) is 0 Å². The zero-order chi connectivity index (χ0) is 25.1. The molecule has 0 aromatic heterocycles. The SMILES string of the molecule is CCCCc1ccc2c3ccc(CCCC)c4c(CCCC)ccc(c5ccc(CCCC)c1c25)c43. The van der Waals surface area contributed by atoms with Crippen LogP contribution in [-0.2, 0) is 25.7 Å². The Hall–Kier alpha value is -2.60. The van der Waals surface area contributed by atoms with E-state index in [0.717, 1.165) is 0 Å². The second-order valence-electron chi connectivity index (χ2n) is 11.0. The molecule has 0 saturated heterocycles. The van der Waals surface area contributed by atoms with Crippen LogP contribution in [0.25, 0.3) is 43.1 Å². The van der Waals surface area contributed by atoms with Crippen LogP contribution in [0.5, 0.6) is 0 Å². The molecular weight excluding hydrogens is 432 g/mol. The van der Waals surface area contributed by atoms with E-state index >= 15 is 0 Å². The fourth-order valence-electron chi connectivity index (χ4n) is 6.49. The van der Waals surface area contributed by atoms with E-state index in [1.54, 1.807) is 33.0 Å². The van der Waals surface area contributed by atoms with E-state index in [-0.39, 0.29) is 0 Å². The lowest BCUT2D eigenvalue weighted by molar-refractivity contribution is 0.789. The molecule has 0 unspecified atom stereocenters. The second-order valence-corrected chi connectivity index (χ2v) is 11.0. The molecule has 0 aliphatic rings. The van der Waals surface area contributed by atoms with Crippen molar-refractivity contribution < 1.29 is 0 Å². The summed E-state index contributed by atoms with van der Waals surface area (Å²) in [6.07, 6.45) is 14.8. The number of benzene rings is 5. The minimum absolute atomic E-state index is 1.18. The fraction of sp³-hybridized carbons (Fsp3) is 0.444. The van der Waals surface area contributed by atoms with Crippen molar-refractivity contribution in [1.82, 2.24) is 0 Å². The highest BCUT2D eigenvalue weighted by Gasteiger charge is 2.19. The number of hydrogen-bond donors (Lipinski definition) is 0. The van der Waals surface area contributed by atoms with Gasteiger partial charge in [-0.05, 0) is 117 Å². The average Bonchev–Trinajstić information content (AvgIpc) is 2.92. The third-order valence-corrected chi connectivity index (χ3v) is 8.45. The summed E-state index contributed by atoms with van der Waals surface area (Å²) in [5, 5.41) is 12.0. The van der Waals surface area contributed by atoms with Crippen molar-refractivity contribution in [2.45, 2.75) is 105 Å². The summed E-state index contributed by atoms with van der Waals surface area (Å²) in [5.74, 6) is 0. The zero-order valence-electron chi connectivity index (χ0n) is 23.1. The highest BCUT2D eigenvalue weighted by molar-refractivity contribution is 6.34. The Labute approximate surface area is 218 Å². The van der Waals surface area contributed by atoms with Gasteiger partial charge in [0.25, 0.3) is 0 Å². The lowest BCUT2D eigenvalue weighted by Gasteiger charge is -2.21. The lowest BCUT2D eigenvalue weighted by Crippen LogP contribution is -1.99. The maximum absolute atomic E-state index is 2.47. The van der Waals surface area contributed by atoms with Gasteiger partial charge in [-0.25, -0.2) is 0 Å². The molecule has 0 atom stereocenters. The number of hydrogen-bond acceptors (Lipinski definition) is 0. The predicted molar refractivity (Wildman–Crippen MR) is 162 cm³/mol. The molecule has 5 rings (SSSR count). The standard InChI is InChI=1S/C36H44/c1-5-9-13-25-17-21-29-31-23-19-27(15-11-7-3)34-28(16-12-8-4)20-24-32(36(31)34)30-22-18-26(14-10-6-2)33(25)35(29)30/h17-24H,5-16H2,1-4H3. The van der Waals surface area contributed by atoms with E-state index in [1.165, 1.54) is 109 Å². The van der Waals surface area contributed by atoms with Gasteiger partial charge in [-0.15, -0.1) is 0 Å². The minimum atomic E-state index is 1.18. The topological polar surface area (TPSA) is 0 Å². The molecule has 188 valence electrons. The lowest BCUT2D eigenvalue weighted by atomic mass is 9.82. The van der Waals surface area contributed by atoms with E-state index in [4.69, 9.17) is 0 Å². The smallest absolute Gasteiger partial charge is 0.00208 e. The highest BCUT2D eigenvalue weighted by Crippen LogP contribution is 2.44. The molecule has 0 fully saturated rings. The van der Waals surface area contributed by atoms with Crippen LogP contribution >= 0.6 is 0 Å². The van der Waals surface area contributed by atoms with Crippen LogP contribution in [0.3, 0.4) is 0 Å². The highest BCUT2D eigenvalue weighted by atomic mass is 14.2. The molecule has 5 aromatic carbocycles. The van der Waals surface area contributed by atoms with Gasteiger partial charge >= 0.3 is 0 Å². The maximum Gasteiger partial charge on any atom is -0.00208 e. The molecule has 0 heterocycles. The zero-order valence-corrected chi connectivity index (χ0v) is 23.1. The Bertz CT molecular complexity index is 1250. The van der Waals surface area contributed by atoms with Gasteiger partial charge in [-0.2, -0.15) is 0 Å². The first-order valence-corrected chi connectivity index (χ1v) is 14.9. The van der Waals surface area contributed by atoms with Crippen molar-refractivity contribution in [2.24, 2.45) is 0 Å². The first-order valence-electron chi connectivity index (χ1n) is 14.9. The fourth-order valence-corrected chi connectivity index (χ4v) is 6.49. The average molecular weight is 477 g/mol. The monoisotopic (exact) mass is 476 g/mol. The first-order chi connectivity index (χ1) is 17.7. The van der Waals surface area contributed by atoms with Crippen LogP contribution < -0.4 is 0 Å². The number of fused-ring (bicyclic) bond motifs is 2. The Morgan fingerprint density at radius 3 is 0.806 bits per heavy atom. The summed E-state index contributed by atoms with van der Waals surface area (Å²) in [6, 6.07) is 19.7. The van der Waals surface area contributed by atoms with Crippen LogP contribution in [0.15, 0.2) is 48.5 Å². The molecular formula is C36H44. The van der Waals surface area contributed by atoms with Gasteiger partial charge in [0, 0.05) is 0 Å². The van der Waals surface area contributed by atoms with Gasteiger partial charge in [0.15, 0.2) is 0 Å². The van der Waals surface area contributed by atoms with Gasteiger partial charge in [-0.1, -0.05) is 102 Å². The van der Waals surface area contributed by atoms with Crippen molar-refractivity contribution in [1.29, 1.82) is 0 Å². The van der Waals surface area contributed by atoms with Gasteiger partial charge in [0.1, 0.15) is 0 Å². The Kier molecular flexibility index (Phi) is 7.80. The van der Waals surface area contributed by atoms with Crippen molar-refractivity contribution in [3.63, 3.8) is 0 Å². The quantitative estimate of drug-likeness (QED) is 0.124. The molecule has 0 N–H and O–H groups in total. The molecule has 0 aliphatic carbocycles. The molecule has 0 amide bonds. The van der Waals surface area contributed by atoms with Crippen molar-refractivity contribution in [2.75, 3.05) is 0 Å². The number of rotatable bonds is 12. The Morgan fingerprint density at radius 2 is 0.583 bits per heavy atom.